The molecule has 0 spiro atoms. The third-order valence-electron chi connectivity index (χ3n) is 3.92. The van der Waals surface area contributed by atoms with Crippen LogP contribution in [0.4, 0.5) is 5.69 Å². The number of anilines is 1. The Morgan fingerprint density at radius 3 is 2.50 bits per heavy atom. The molecule has 0 saturated heterocycles. The summed E-state index contributed by atoms with van der Waals surface area (Å²) in [4.78, 5) is 14.9. The van der Waals surface area contributed by atoms with Crippen LogP contribution in [0.3, 0.4) is 0 Å². The highest BCUT2D eigenvalue weighted by molar-refractivity contribution is 7.99. The van der Waals surface area contributed by atoms with Crippen molar-refractivity contribution >= 4 is 23.4 Å². The fraction of sp³-hybridized carbons (Fsp3) is 0.0952. The third-order valence-corrected chi connectivity index (χ3v) is 5.00. The second-order valence-electron chi connectivity index (χ2n) is 5.70. The molecule has 5 heteroatoms. The predicted octanol–water partition coefficient (Wildman–Crippen LogP) is 4.86. The molecule has 130 valence electrons. The molecule has 0 aromatic heterocycles. The number of amides is 1. The van der Waals surface area contributed by atoms with Gasteiger partial charge in [-0.3, -0.25) is 4.79 Å². The number of hydrogen-bond donors (Lipinski definition) is 1. The molecule has 0 unspecified atom stereocenters. The number of carbonyl (C=O) groups excluding carboxylic acids is 1. The quantitative estimate of drug-likeness (QED) is 0.719. The smallest absolute Gasteiger partial charge is 0.259 e. The van der Waals surface area contributed by atoms with Gasteiger partial charge in [0.1, 0.15) is 13.2 Å². The van der Waals surface area contributed by atoms with Crippen LogP contribution in [0.5, 0.6) is 11.5 Å². The second-order valence-corrected chi connectivity index (χ2v) is 6.81. The van der Waals surface area contributed by atoms with Gasteiger partial charge in [0, 0.05) is 9.79 Å². The highest BCUT2D eigenvalue weighted by atomic mass is 32.2. The van der Waals surface area contributed by atoms with Gasteiger partial charge in [0.2, 0.25) is 0 Å². The summed E-state index contributed by atoms with van der Waals surface area (Å²) in [6, 6.07) is 23.2. The minimum atomic E-state index is -0.214. The van der Waals surface area contributed by atoms with E-state index in [0.717, 1.165) is 15.5 Å². The summed E-state index contributed by atoms with van der Waals surface area (Å²) in [7, 11) is 0. The second kappa shape index (κ2) is 7.54. The molecule has 1 heterocycles. The molecular formula is C21H17NO3S. The van der Waals surface area contributed by atoms with Crippen molar-refractivity contribution in [2.75, 3.05) is 18.5 Å². The molecule has 0 atom stereocenters. The number of ether oxygens (including phenoxy) is 2. The lowest BCUT2D eigenvalue weighted by atomic mass is 10.1. The third kappa shape index (κ3) is 3.53. The van der Waals surface area contributed by atoms with E-state index in [-0.39, 0.29) is 5.91 Å². The van der Waals surface area contributed by atoms with Gasteiger partial charge < -0.3 is 14.8 Å². The van der Waals surface area contributed by atoms with Crippen LogP contribution in [0.25, 0.3) is 0 Å². The molecule has 26 heavy (non-hydrogen) atoms. The van der Waals surface area contributed by atoms with E-state index in [0.29, 0.717) is 30.3 Å². The van der Waals surface area contributed by atoms with Gasteiger partial charge in [0.25, 0.3) is 5.91 Å². The van der Waals surface area contributed by atoms with Gasteiger partial charge in [0.05, 0.1) is 11.3 Å². The van der Waals surface area contributed by atoms with E-state index in [2.05, 4.69) is 5.32 Å². The Morgan fingerprint density at radius 1 is 0.846 bits per heavy atom. The first kappa shape index (κ1) is 16.5. The van der Waals surface area contributed by atoms with E-state index in [1.165, 1.54) is 0 Å². The van der Waals surface area contributed by atoms with Crippen LogP contribution < -0.4 is 14.8 Å². The lowest BCUT2D eigenvalue weighted by molar-refractivity contribution is 0.101. The van der Waals surface area contributed by atoms with Crippen LogP contribution in [-0.2, 0) is 0 Å². The summed E-state index contributed by atoms with van der Waals surface area (Å²) >= 11 is 1.61. The largest absolute Gasteiger partial charge is 0.486 e. The zero-order valence-electron chi connectivity index (χ0n) is 14.0. The van der Waals surface area contributed by atoms with Crippen LogP contribution in [0.1, 0.15) is 10.4 Å². The predicted molar refractivity (Wildman–Crippen MR) is 102 cm³/mol. The first-order valence-electron chi connectivity index (χ1n) is 8.33. The Labute approximate surface area is 156 Å². The first-order valence-corrected chi connectivity index (χ1v) is 9.15. The normalized spacial score (nSPS) is 12.5. The Balaban J connectivity index is 1.59. The van der Waals surface area contributed by atoms with Crippen molar-refractivity contribution in [2.45, 2.75) is 9.79 Å². The number of carbonyl (C=O) groups is 1. The van der Waals surface area contributed by atoms with Crippen molar-refractivity contribution in [3.05, 3.63) is 78.4 Å². The standard InChI is InChI=1S/C21H17NO3S/c23-21(16-9-6-11-18-20(16)25-14-13-24-18)22-17-10-4-5-12-19(17)26-15-7-2-1-3-8-15/h1-12H,13-14H2,(H,22,23). The Hall–Kier alpha value is -2.92. The van der Waals surface area contributed by atoms with Gasteiger partial charge in [-0.15, -0.1) is 0 Å². The summed E-state index contributed by atoms with van der Waals surface area (Å²) in [6.07, 6.45) is 0. The van der Waals surface area contributed by atoms with Crippen LogP contribution >= 0.6 is 11.8 Å². The molecule has 1 aliphatic heterocycles. The van der Waals surface area contributed by atoms with E-state index >= 15 is 0 Å². The van der Waals surface area contributed by atoms with Crippen LogP contribution in [0, 0.1) is 0 Å². The fourth-order valence-corrected chi connectivity index (χ4v) is 3.64. The molecule has 0 radical (unpaired) electrons. The summed E-state index contributed by atoms with van der Waals surface area (Å²) in [5.74, 6) is 0.897. The SMILES string of the molecule is O=C(Nc1ccccc1Sc1ccccc1)c1cccc2c1OCCO2. The number of nitrogens with one attached hydrogen (secondary N) is 1. The van der Waals surface area contributed by atoms with Crippen LogP contribution in [-0.4, -0.2) is 19.1 Å². The van der Waals surface area contributed by atoms with E-state index in [4.69, 9.17) is 9.47 Å². The van der Waals surface area contributed by atoms with E-state index in [1.54, 1.807) is 23.9 Å². The molecule has 0 aliphatic carbocycles. The van der Waals surface area contributed by atoms with E-state index in [1.807, 2.05) is 60.7 Å². The van der Waals surface area contributed by atoms with Gasteiger partial charge in [-0.25, -0.2) is 0 Å². The lowest BCUT2D eigenvalue weighted by Crippen LogP contribution is -2.20. The van der Waals surface area contributed by atoms with Crippen LogP contribution in [0.2, 0.25) is 0 Å². The number of benzene rings is 3. The number of hydrogen-bond acceptors (Lipinski definition) is 4. The molecule has 3 aromatic carbocycles. The number of para-hydroxylation sites is 2. The lowest BCUT2D eigenvalue weighted by Gasteiger charge is -2.20. The highest BCUT2D eigenvalue weighted by Crippen LogP contribution is 2.36. The maximum Gasteiger partial charge on any atom is 0.259 e. The van der Waals surface area contributed by atoms with Crippen LogP contribution in [0.15, 0.2) is 82.6 Å². The summed E-state index contributed by atoms with van der Waals surface area (Å²) in [5.41, 5.74) is 1.24. The van der Waals surface area contributed by atoms with Gasteiger partial charge in [0.15, 0.2) is 11.5 Å². The monoisotopic (exact) mass is 363 g/mol. The molecule has 3 aromatic rings. The number of fused-ring (bicyclic) bond motifs is 1. The Bertz CT molecular complexity index is 928. The maximum atomic E-state index is 12.8. The summed E-state index contributed by atoms with van der Waals surface area (Å²) in [5, 5.41) is 3.00. The molecule has 1 N–H and O–H groups in total. The van der Waals surface area contributed by atoms with Crippen molar-refractivity contribution in [1.29, 1.82) is 0 Å². The topological polar surface area (TPSA) is 47.6 Å². The molecule has 4 rings (SSSR count). The fourth-order valence-electron chi connectivity index (χ4n) is 2.72. The summed E-state index contributed by atoms with van der Waals surface area (Å²) < 4.78 is 11.2. The average molecular weight is 363 g/mol. The van der Waals surface area contributed by atoms with Gasteiger partial charge in [-0.05, 0) is 36.4 Å². The van der Waals surface area contributed by atoms with E-state index in [9.17, 15) is 4.79 Å². The zero-order valence-corrected chi connectivity index (χ0v) is 14.8. The van der Waals surface area contributed by atoms with Crippen molar-refractivity contribution in [3.8, 4) is 11.5 Å². The van der Waals surface area contributed by atoms with Gasteiger partial charge >= 0.3 is 0 Å². The number of rotatable bonds is 4. The van der Waals surface area contributed by atoms with Gasteiger partial charge in [-0.2, -0.15) is 0 Å². The van der Waals surface area contributed by atoms with E-state index < -0.39 is 0 Å². The zero-order chi connectivity index (χ0) is 17.8. The molecule has 0 bridgehead atoms. The maximum absolute atomic E-state index is 12.8. The van der Waals surface area contributed by atoms with Crippen molar-refractivity contribution < 1.29 is 14.3 Å². The molecule has 0 fully saturated rings. The highest BCUT2D eigenvalue weighted by Gasteiger charge is 2.21. The van der Waals surface area contributed by atoms with Gasteiger partial charge in [-0.1, -0.05) is 48.2 Å². The minimum Gasteiger partial charge on any atom is -0.486 e. The Kier molecular flexibility index (Phi) is 4.80. The minimum absolute atomic E-state index is 0.214. The van der Waals surface area contributed by atoms with Crippen molar-refractivity contribution in [3.63, 3.8) is 0 Å². The summed E-state index contributed by atoms with van der Waals surface area (Å²) in [6.45, 7) is 0.937. The molecule has 0 saturated carbocycles. The molecule has 1 aliphatic rings. The molecule has 1 amide bonds. The molecule has 4 nitrogen and oxygen atoms in total. The first-order chi connectivity index (χ1) is 12.8. The Morgan fingerprint density at radius 2 is 1.62 bits per heavy atom. The van der Waals surface area contributed by atoms with Crippen molar-refractivity contribution in [1.82, 2.24) is 0 Å². The average Bonchev–Trinajstić information content (AvgIpc) is 2.70. The van der Waals surface area contributed by atoms with Crippen molar-refractivity contribution in [2.24, 2.45) is 0 Å². The molecular weight excluding hydrogens is 346 g/mol.